The van der Waals surface area contributed by atoms with E-state index in [-0.39, 0.29) is 0 Å². The number of pyridine rings is 1. The van der Waals surface area contributed by atoms with Crippen LogP contribution in [-0.4, -0.2) is 24.5 Å². The molecule has 3 rings (SSSR count). The van der Waals surface area contributed by atoms with Crippen molar-refractivity contribution in [1.82, 2.24) is 24.5 Å². The Balaban J connectivity index is 2.33. The molecule has 0 saturated carbocycles. The summed E-state index contributed by atoms with van der Waals surface area (Å²) in [5.41, 5.74) is 0.963. The van der Waals surface area contributed by atoms with Gasteiger partial charge in [0.2, 0.25) is 0 Å². The quantitative estimate of drug-likeness (QED) is 0.566. The molecule has 3 aromatic heterocycles. The van der Waals surface area contributed by atoms with E-state index in [2.05, 4.69) is 15.1 Å². The molecule has 0 amide bonds. The summed E-state index contributed by atoms with van der Waals surface area (Å²) in [6, 6.07) is 1.93. The summed E-state index contributed by atoms with van der Waals surface area (Å²) in [5.74, 6) is 0. The first-order valence-electron chi connectivity index (χ1n) is 4.21. The molecule has 0 aliphatic carbocycles. The molecule has 0 bridgehead atoms. The van der Waals surface area contributed by atoms with Gasteiger partial charge in [-0.3, -0.25) is 4.98 Å². The van der Waals surface area contributed by atoms with Gasteiger partial charge in [-0.15, -0.1) is 0 Å². The highest BCUT2D eigenvalue weighted by atomic mass is 15.6. The highest BCUT2D eigenvalue weighted by molar-refractivity contribution is 5.77. The molecule has 0 aliphatic rings. The van der Waals surface area contributed by atoms with Crippen LogP contribution in [-0.2, 0) is 0 Å². The lowest BCUT2D eigenvalue weighted by Gasteiger charge is -2.01. The highest BCUT2D eigenvalue weighted by Crippen LogP contribution is 2.10. The molecule has 0 atom stereocenters. The standard InChI is InChI=1S/C9H7N5/c1-2-10-6-9-8(1)5-12-14(9)13-4-3-11-7-13/h1-7H. The number of hydrogen-bond donors (Lipinski definition) is 0. The Morgan fingerprint density at radius 3 is 2.93 bits per heavy atom. The van der Waals surface area contributed by atoms with Crippen molar-refractivity contribution in [1.29, 1.82) is 0 Å². The van der Waals surface area contributed by atoms with Gasteiger partial charge in [0, 0.05) is 24.0 Å². The van der Waals surface area contributed by atoms with Gasteiger partial charge in [-0.2, -0.15) is 9.89 Å². The maximum atomic E-state index is 4.24. The third-order valence-electron chi connectivity index (χ3n) is 2.06. The lowest BCUT2D eigenvalue weighted by molar-refractivity contribution is 0.594. The minimum atomic E-state index is 0.963. The topological polar surface area (TPSA) is 48.5 Å². The molecule has 0 radical (unpaired) electrons. The van der Waals surface area contributed by atoms with E-state index >= 15 is 0 Å². The van der Waals surface area contributed by atoms with Crippen molar-refractivity contribution in [2.75, 3.05) is 0 Å². The molecule has 0 unspecified atom stereocenters. The van der Waals surface area contributed by atoms with E-state index in [1.54, 1.807) is 40.6 Å². The molecule has 5 nitrogen and oxygen atoms in total. The van der Waals surface area contributed by atoms with Gasteiger partial charge in [-0.25, -0.2) is 9.66 Å². The normalized spacial score (nSPS) is 10.9. The van der Waals surface area contributed by atoms with Crippen LogP contribution in [0.25, 0.3) is 10.9 Å². The third kappa shape index (κ3) is 0.922. The van der Waals surface area contributed by atoms with Gasteiger partial charge in [-0.05, 0) is 6.07 Å². The van der Waals surface area contributed by atoms with E-state index in [9.17, 15) is 0 Å². The van der Waals surface area contributed by atoms with E-state index < -0.39 is 0 Å². The fraction of sp³-hybridized carbons (Fsp3) is 0. The smallest absolute Gasteiger partial charge is 0.116 e. The Morgan fingerprint density at radius 1 is 1.07 bits per heavy atom. The second kappa shape index (κ2) is 2.66. The monoisotopic (exact) mass is 185 g/mol. The maximum absolute atomic E-state index is 4.24. The second-order valence-corrected chi connectivity index (χ2v) is 2.91. The minimum absolute atomic E-state index is 0.963. The molecule has 3 heterocycles. The van der Waals surface area contributed by atoms with Crippen molar-refractivity contribution in [3.63, 3.8) is 0 Å². The third-order valence-corrected chi connectivity index (χ3v) is 2.06. The van der Waals surface area contributed by atoms with Gasteiger partial charge < -0.3 is 0 Å². The Labute approximate surface area is 79.6 Å². The molecule has 0 N–H and O–H groups in total. The molecule has 5 heteroatoms. The van der Waals surface area contributed by atoms with Gasteiger partial charge >= 0.3 is 0 Å². The van der Waals surface area contributed by atoms with Crippen molar-refractivity contribution in [2.24, 2.45) is 0 Å². The van der Waals surface area contributed by atoms with Crippen LogP contribution in [0, 0.1) is 0 Å². The van der Waals surface area contributed by atoms with Crippen LogP contribution < -0.4 is 0 Å². The van der Waals surface area contributed by atoms with E-state index in [4.69, 9.17) is 0 Å². The lowest BCUT2D eigenvalue weighted by Crippen LogP contribution is -2.07. The average molecular weight is 185 g/mol. The van der Waals surface area contributed by atoms with Crippen LogP contribution in [0.2, 0.25) is 0 Å². The fourth-order valence-electron chi connectivity index (χ4n) is 1.40. The molecule has 14 heavy (non-hydrogen) atoms. The summed E-state index contributed by atoms with van der Waals surface area (Å²) in [5, 5.41) is 5.30. The van der Waals surface area contributed by atoms with E-state index in [0.717, 1.165) is 10.9 Å². The zero-order valence-corrected chi connectivity index (χ0v) is 7.28. The minimum Gasteiger partial charge on any atom is -0.262 e. The van der Waals surface area contributed by atoms with E-state index in [1.807, 2.05) is 12.3 Å². The number of nitrogens with zero attached hydrogens (tertiary/aromatic N) is 5. The van der Waals surface area contributed by atoms with Gasteiger partial charge in [0.05, 0.1) is 12.4 Å². The van der Waals surface area contributed by atoms with Crippen molar-refractivity contribution < 1.29 is 0 Å². The van der Waals surface area contributed by atoms with Crippen molar-refractivity contribution >= 4 is 10.9 Å². The molecule has 0 saturated heterocycles. The fourth-order valence-corrected chi connectivity index (χ4v) is 1.40. The Morgan fingerprint density at radius 2 is 2.07 bits per heavy atom. The summed E-state index contributed by atoms with van der Waals surface area (Å²) in [6.07, 6.45) is 10.6. The first kappa shape index (κ1) is 7.25. The van der Waals surface area contributed by atoms with Crippen LogP contribution in [0.4, 0.5) is 0 Å². The number of aromatic nitrogens is 5. The van der Waals surface area contributed by atoms with Crippen LogP contribution in [0.3, 0.4) is 0 Å². The molecule has 0 aromatic carbocycles. The summed E-state index contributed by atoms with van der Waals surface area (Å²) < 4.78 is 1.80. The Bertz CT molecular complexity index is 551. The largest absolute Gasteiger partial charge is 0.262 e. The number of hydrogen-bond acceptors (Lipinski definition) is 3. The van der Waals surface area contributed by atoms with Crippen molar-refractivity contribution in [3.05, 3.63) is 43.4 Å². The number of imidazole rings is 1. The van der Waals surface area contributed by atoms with Crippen LogP contribution >= 0.6 is 0 Å². The van der Waals surface area contributed by atoms with Crippen LogP contribution in [0.15, 0.2) is 43.4 Å². The first-order valence-corrected chi connectivity index (χ1v) is 4.21. The predicted molar refractivity (Wildman–Crippen MR) is 50.6 cm³/mol. The summed E-state index contributed by atoms with van der Waals surface area (Å²) in [6.45, 7) is 0. The van der Waals surface area contributed by atoms with E-state index in [1.165, 1.54) is 0 Å². The summed E-state index contributed by atoms with van der Waals surface area (Å²) in [4.78, 5) is 9.77. The zero-order valence-electron chi connectivity index (χ0n) is 7.28. The molecule has 0 aliphatic heterocycles. The average Bonchev–Trinajstić information content (AvgIpc) is 2.85. The first-order chi connectivity index (χ1) is 6.95. The van der Waals surface area contributed by atoms with Gasteiger partial charge in [0.25, 0.3) is 0 Å². The van der Waals surface area contributed by atoms with Gasteiger partial charge in [0.15, 0.2) is 0 Å². The highest BCUT2D eigenvalue weighted by Gasteiger charge is 2.02. The molecule has 0 fully saturated rings. The summed E-state index contributed by atoms with van der Waals surface area (Å²) >= 11 is 0. The van der Waals surface area contributed by atoms with Gasteiger partial charge in [0.1, 0.15) is 11.8 Å². The predicted octanol–water partition coefficient (Wildman–Crippen LogP) is 0.939. The Hall–Kier alpha value is -2.17. The van der Waals surface area contributed by atoms with Crippen LogP contribution in [0.5, 0.6) is 0 Å². The van der Waals surface area contributed by atoms with Crippen LogP contribution in [0.1, 0.15) is 0 Å². The molecular formula is C9H7N5. The maximum Gasteiger partial charge on any atom is 0.116 e. The number of rotatable bonds is 1. The second-order valence-electron chi connectivity index (χ2n) is 2.91. The van der Waals surface area contributed by atoms with Crippen molar-refractivity contribution in [2.45, 2.75) is 0 Å². The van der Waals surface area contributed by atoms with Gasteiger partial charge in [-0.1, -0.05) is 0 Å². The molecule has 3 aromatic rings. The molecule has 0 spiro atoms. The van der Waals surface area contributed by atoms with Crippen molar-refractivity contribution in [3.8, 4) is 0 Å². The SMILES string of the molecule is c1cc2cnn(-n3ccnc3)c2cn1. The lowest BCUT2D eigenvalue weighted by atomic mass is 10.3. The van der Waals surface area contributed by atoms with E-state index in [0.29, 0.717) is 0 Å². The summed E-state index contributed by atoms with van der Waals surface area (Å²) in [7, 11) is 0. The molecule has 68 valence electrons. The Kier molecular flexibility index (Phi) is 1.38. The zero-order chi connectivity index (χ0) is 9.38. The molecular weight excluding hydrogens is 178 g/mol. The number of fused-ring (bicyclic) bond motifs is 1.